The first-order valence-electron chi connectivity index (χ1n) is 7.74. The second-order valence-electron chi connectivity index (χ2n) is 5.64. The number of ether oxygens (including phenoxy) is 2. The zero-order valence-electron chi connectivity index (χ0n) is 14.6. The molecule has 0 aliphatic rings. The van der Waals surface area contributed by atoms with Gasteiger partial charge in [-0.2, -0.15) is 0 Å². The van der Waals surface area contributed by atoms with Gasteiger partial charge in [0.1, 0.15) is 0 Å². The van der Waals surface area contributed by atoms with Crippen LogP contribution in [0, 0.1) is 6.92 Å². The monoisotopic (exact) mass is 343 g/mol. The molecule has 2 aromatic rings. The van der Waals surface area contributed by atoms with Gasteiger partial charge in [0.2, 0.25) is 0 Å². The van der Waals surface area contributed by atoms with E-state index in [4.69, 9.17) is 14.6 Å². The molecule has 132 valence electrons. The summed E-state index contributed by atoms with van der Waals surface area (Å²) in [4.78, 5) is 23.3. The van der Waals surface area contributed by atoms with Crippen molar-refractivity contribution in [1.29, 1.82) is 0 Å². The van der Waals surface area contributed by atoms with Gasteiger partial charge in [-0.05, 0) is 61.4 Å². The maximum absolute atomic E-state index is 12.4. The van der Waals surface area contributed by atoms with Crippen molar-refractivity contribution >= 4 is 11.9 Å². The highest BCUT2D eigenvalue weighted by Crippen LogP contribution is 2.32. The number of aromatic carboxylic acids is 1. The van der Waals surface area contributed by atoms with Gasteiger partial charge in [-0.3, -0.25) is 4.79 Å². The number of hydrogen-bond acceptors (Lipinski definition) is 4. The fourth-order valence-corrected chi connectivity index (χ4v) is 2.58. The normalized spacial score (nSPS) is 11.5. The van der Waals surface area contributed by atoms with Crippen LogP contribution in [0.25, 0.3) is 0 Å². The van der Waals surface area contributed by atoms with Gasteiger partial charge in [0.25, 0.3) is 5.91 Å². The standard InChI is InChI=1S/C19H21NO5/c1-11-9-16(24-3)17(25-4)10-15(11)12(2)20-18(21)13-5-7-14(8-6-13)19(22)23/h5-10,12H,1-4H3,(H,20,21)(H,22,23). The Kier molecular flexibility index (Phi) is 5.64. The molecule has 0 fully saturated rings. The van der Waals surface area contributed by atoms with Gasteiger partial charge < -0.3 is 19.9 Å². The minimum Gasteiger partial charge on any atom is -0.493 e. The summed E-state index contributed by atoms with van der Waals surface area (Å²) in [5.74, 6) is -0.0820. The summed E-state index contributed by atoms with van der Waals surface area (Å²) in [6, 6.07) is 9.24. The molecule has 2 aromatic carbocycles. The van der Waals surface area contributed by atoms with Gasteiger partial charge in [-0.1, -0.05) is 0 Å². The topological polar surface area (TPSA) is 84.9 Å². The summed E-state index contributed by atoms with van der Waals surface area (Å²) in [6.45, 7) is 3.80. The summed E-state index contributed by atoms with van der Waals surface area (Å²) in [5, 5.41) is 11.8. The highest BCUT2D eigenvalue weighted by molar-refractivity contribution is 5.96. The fraction of sp³-hybridized carbons (Fsp3) is 0.263. The zero-order chi connectivity index (χ0) is 18.6. The van der Waals surface area contributed by atoms with E-state index in [9.17, 15) is 9.59 Å². The summed E-state index contributed by atoms with van der Waals surface area (Å²) in [5.41, 5.74) is 2.41. The van der Waals surface area contributed by atoms with E-state index in [2.05, 4.69) is 5.32 Å². The van der Waals surface area contributed by atoms with Gasteiger partial charge in [-0.15, -0.1) is 0 Å². The van der Waals surface area contributed by atoms with Crippen molar-refractivity contribution in [3.05, 3.63) is 58.7 Å². The number of carboxylic acids is 1. The molecule has 0 aliphatic carbocycles. The Balaban J connectivity index is 2.19. The number of carbonyl (C=O) groups excluding carboxylic acids is 1. The number of hydrogen-bond donors (Lipinski definition) is 2. The van der Waals surface area contributed by atoms with E-state index in [0.717, 1.165) is 11.1 Å². The first-order valence-corrected chi connectivity index (χ1v) is 7.74. The van der Waals surface area contributed by atoms with Crippen LogP contribution in [0.5, 0.6) is 11.5 Å². The quantitative estimate of drug-likeness (QED) is 0.841. The third-order valence-electron chi connectivity index (χ3n) is 3.98. The van der Waals surface area contributed by atoms with Crippen LogP contribution in [-0.2, 0) is 0 Å². The Morgan fingerprint density at radius 1 is 1.00 bits per heavy atom. The SMILES string of the molecule is COc1cc(C)c(C(C)NC(=O)c2ccc(C(=O)O)cc2)cc1OC. The van der Waals surface area contributed by atoms with Crippen LogP contribution in [0.1, 0.15) is 44.8 Å². The number of carboxylic acid groups (broad SMARTS) is 1. The first-order chi connectivity index (χ1) is 11.9. The second-order valence-corrected chi connectivity index (χ2v) is 5.64. The predicted octanol–water partition coefficient (Wildman–Crippen LogP) is 3.20. The van der Waals surface area contributed by atoms with Gasteiger partial charge in [0.05, 0.1) is 25.8 Å². The number of rotatable bonds is 6. The molecule has 1 amide bonds. The van der Waals surface area contributed by atoms with Gasteiger partial charge in [0.15, 0.2) is 11.5 Å². The van der Waals surface area contributed by atoms with Crippen molar-refractivity contribution in [3.63, 3.8) is 0 Å². The molecule has 0 bridgehead atoms. The number of amides is 1. The number of nitrogens with one attached hydrogen (secondary N) is 1. The van der Waals surface area contributed by atoms with Crippen LogP contribution >= 0.6 is 0 Å². The van der Waals surface area contributed by atoms with Crippen molar-refractivity contribution in [2.75, 3.05) is 14.2 Å². The Labute approximate surface area is 146 Å². The Hall–Kier alpha value is -3.02. The lowest BCUT2D eigenvalue weighted by atomic mass is 10.0. The first kappa shape index (κ1) is 18.3. The molecule has 25 heavy (non-hydrogen) atoms. The summed E-state index contributed by atoms with van der Waals surface area (Å²) < 4.78 is 10.6. The number of methoxy groups -OCH3 is 2. The number of aryl methyl sites for hydroxylation is 1. The van der Waals surface area contributed by atoms with Crippen LogP contribution in [0.2, 0.25) is 0 Å². The predicted molar refractivity (Wildman–Crippen MR) is 93.6 cm³/mol. The maximum atomic E-state index is 12.4. The number of benzene rings is 2. The lowest BCUT2D eigenvalue weighted by Crippen LogP contribution is -2.27. The van der Waals surface area contributed by atoms with E-state index in [1.54, 1.807) is 14.2 Å². The van der Waals surface area contributed by atoms with Gasteiger partial charge >= 0.3 is 5.97 Å². The van der Waals surface area contributed by atoms with E-state index >= 15 is 0 Å². The highest BCUT2D eigenvalue weighted by Gasteiger charge is 2.17. The van der Waals surface area contributed by atoms with Crippen molar-refractivity contribution in [2.45, 2.75) is 19.9 Å². The largest absolute Gasteiger partial charge is 0.493 e. The van der Waals surface area contributed by atoms with Gasteiger partial charge in [0, 0.05) is 5.56 Å². The van der Waals surface area contributed by atoms with E-state index in [-0.39, 0.29) is 17.5 Å². The minimum atomic E-state index is -1.03. The molecule has 1 atom stereocenters. The van der Waals surface area contributed by atoms with Crippen molar-refractivity contribution < 1.29 is 24.2 Å². The summed E-state index contributed by atoms with van der Waals surface area (Å²) in [7, 11) is 3.13. The van der Waals surface area contributed by atoms with Crippen LogP contribution in [0.15, 0.2) is 36.4 Å². The Morgan fingerprint density at radius 3 is 2.04 bits per heavy atom. The minimum absolute atomic E-state index is 0.139. The molecule has 6 heteroatoms. The molecule has 0 spiro atoms. The molecule has 0 saturated carbocycles. The third kappa shape index (κ3) is 4.09. The van der Waals surface area contributed by atoms with Crippen LogP contribution < -0.4 is 14.8 Å². The molecule has 6 nitrogen and oxygen atoms in total. The molecule has 1 unspecified atom stereocenters. The van der Waals surface area contributed by atoms with E-state index < -0.39 is 5.97 Å². The van der Waals surface area contributed by atoms with Crippen molar-refractivity contribution in [3.8, 4) is 11.5 Å². The van der Waals surface area contributed by atoms with Crippen molar-refractivity contribution in [1.82, 2.24) is 5.32 Å². The molecule has 0 radical (unpaired) electrons. The average molecular weight is 343 g/mol. The summed E-state index contributed by atoms with van der Waals surface area (Å²) in [6.07, 6.45) is 0. The van der Waals surface area contributed by atoms with E-state index in [1.807, 2.05) is 26.0 Å². The second kappa shape index (κ2) is 7.70. The lowest BCUT2D eigenvalue weighted by Gasteiger charge is -2.19. The van der Waals surface area contributed by atoms with E-state index in [1.165, 1.54) is 24.3 Å². The van der Waals surface area contributed by atoms with Crippen LogP contribution in [0.3, 0.4) is 0 Å². The molecule has 0 aliphatic heterocycles. The highest BCUT2D eigenvalue weighted by atomic mass is 16.5. The van der Waals surface area contributed by atoms with Crippen LogP contribution in [0.4, 0.5) is 0 Å². The molecule has 0 heterocycles. The molecule has 0 saturated heterocycles. The van der Waals surface area contributed by atoms with Crippen LogP contribution in [-0.4, -0.2) is 31.2 Å². The summed E-state index contributed by atoms with van der Waals surface area (Å²) >= 11 is 0. The third-order valence-corrected chi connectivity index (χ3v) is 3.98. The molecular weight excluding hydrogens is 322 g/mol. The van der Waals surface area contributed by atoms with Crippen molar-refractivity contribution in [2.24, 2.45) is 0 Å². The van der Waals surface area contributed by atoms with E-state index in [0.29, 0.717) is 17.1 Å². The Bertz CT molecular complexity index is 783. The molecule has 2 rings (SSSR count). The molecule has 0 aromatic heterocycles. The molecular formula is C19H21NO5. The maximum Gasteiger partial charge on any atom is 0.335 e. The zero-order valence-corrected chi connectivity index (χ0v) is 14.6. The molecule has 2 N–H and O–H groups in total. The Morgan fingerprint density at radius 2 is 1.52 bits per heavy atom. The number of carbonyl (C=O) groups is 2. The average Bonchev–Trinajstić information content (AvgIpc) is 2.61. The lowest BCUT2D eigenvalue weighted by molar-refractivity contribution is 0.0696. The smallest absolute Gasteiger partial charge is 0.335 e. The van der Waals surface area contributed by atoms with Gasteiger partial charge in [-0.25, -0.2) is 4.79 Å². The fourth-order valence-electron chi connectivity index (χ4n) is 2.58.